The van der Waals surface area contributed by atoms with E-state index in [1.54, 1.807) is 11.9 Å². The molecule has 1 N–H and O–H groups in total. The summed E-state index contributed by atoms with van der Waals surface area (Å²) in [6.45, 7) is 5.11. The van der Waals surface area contributed by atoms with E-state index < -0.39 is 0 Å². The Morgan fingerprint density at radius 1 is 1.15 bits per heavy atom. The molecule has 1 aliphatic rings. The minimum absolute atomic E-state index is 0.956. The van der Waals surface area contributed by atoms with E-state index in [1.165, 1.54) is 43.4 Å². The van der Waals surface area contributed by atoms with Gasteiger partial charge in [0, 0.05) is 20.4 Å². The molecule has 1 fully saturated rings. The average molecular weight is 423 g/mol. The van der Waals surface area contributed by atoms with Crippen molar-refractivity contribution in [1.29, 1.82) is 0 Å². The fourth-order valence-electron chi connectivity index (χ4n) is 2.42. The quantitative estimate of drug-likeness (QED) is 0.413. The number of halogens is 2. The molecular weight excluding hydrogens is 398 g/mol. The minimum Gasteiger partial charge on any atom is -0.260 e. The van der Waals surface area contributed by atoms with Gasteiger partial charge in [-0.05, 0) is 58.4 Å². The van der Waals surface area contributed by atoms with E-state index in [4.69, 9.17) is 0 Å². The van der Waals surface area contributed by atoms with Gasteiger partial charge < -0.3 is 0 Å². The largest absolute Gasteiger partial charge is 0.260 e. The van der Waals surface area contributed by atoms with Crippen molar-refractivity contribution in [1.82, 2.24) is 4.72 Å². The van der Waals surface area contributed by atoms with Crippen molar-refractivity contribution in [2.75, 3.05) is 6.54 Å². The Morgan fingerprint density at radius 2 is 1.85 bits per heavy atom. The van der Waals surface area contributed by atoms with Crippen LogP contribution in [0.1, 0.15) is 52.4 Å². The Balaban J connectivity index is 0.000000956. The first-order valence-electron chi connectivity index (χ1n) is 7.60. The number of rotatable bonds is 5. The Bertz CT molecular complexity index is 379. The van der Waals surface area contributed by atoms with Crippen molar-refractivity contribution in [3.05, 3.63) is 27.1 Å². The highest BCUT2D eigenvalue weighted by Gasteiger charge is 2.12. The van der Waals surface area contributed by atoms with E-state index in [2.05, 4.69) is 54.8 Å². The maximum atomic E-state index is 3.58. The van der Waals surface area contributed by atoms with Crippen molar-refractivity contribution < 1.29 is 0 Å². The number of hydrogen-bond donors (Lipinski definition) is 1. The molecule has 114 valence electrons. The highest BCUT2D eigenvalue weighted by atomic mass is 79.9. The number of nitrogens with one attached hydrogen (secondary N) is 1. The molecule has 1 aromatic rings. The lowest BCUT2D eigenvalue weighted by atomic mass is 9.87. The van der Waals surface area contributed by atoms with Gasteiger partial charge in [-0.3, -0.25) is 4.72 Å². The van der Waals surface area contributed by atoms with Gasteiger partial charge in [0.05, 0.1) is 0 Å². The lowest BCUT2D eigenvalue weighted by Gasteiger charge is -2.21. The summed E-state index contributed by atoms with van der Waals surface area (Å²) < 4.78 is 5.76. The molecule has 0 unspecified atom stereocenters. The van der Waals surface area contributed by atoms with Crippen molar-refractivity contribution >= 4 is 43.8 Å². The van der Waals surface area contributed by atoms with E-state index in [0.29, 0.717) is 0 Å². The molecule has 1 aromatic carbocycles. The second kappa shape index (κ2) is 11.1. The summed E-state index contributed by atoms with van der Waals surface area (Å²) in [5.74, 6) is 0.956. The summed E-state index contributed by atoms with van der Waals surface area (Å²) in [6, 6.07) is 6.27. The zero-order chi connectivity index (χ0) is 14.8. The van der Waals surface area contributed by atoms with Gasteiger partial charge in [-0.25, -0.2) is 0 Å². The van der Waals surface area contributed by atoms with E-state index >= 15 is 0 Å². The maximum Gasteiger partial charge on any atom is 0.0381 e. The van der Waals surface area contributed by atoms with Gasteiger partial charge in [0.2, 0.25) is 0 Å². The SMILES string of the molecule is Brc1ccc(Br)c(SNCCC2CCCCC2)c1.CC. The van der Waals surface area contributed by atoms with Crippen molar-refractivity contribution in [2.45, 2.75) is 57.3 Å². The molecule has 1 saturated carbocycles. The zero-order valence-corrected chi connectivity index (χ0v) is 16.4. The van der Waals surface area contributed by atoms with Gasteiger partial charge in [-0.15, -0.1) is 0 Å². The normalized spacial score (nSPS) is 15.6. The van der Waals surface area contributed by atoms with Crippen LogP contribution in [0, 0.1) is 5.92 Å². The molecule has 0 aromatic heterocycles. The molecule has 0 aliphatic heterocycles. The highest BCUT2D eigenvalue weighted by Crippen LogP contribution is 2.29. The topological polar surface area (TPSA) is 12.0 Å². The van der Waals surface area contributed by atoms with Crippen LogP contribution < -0.4 is 4.72 Å². The summed E-state index contributed by atoms with van der Waals surface area (Å²) in [5.41, 5.74) is 0. The Hall–Kier alpha value is 0.490. The molecule has 0 heterocycles. The third kappa shape index (κ3) is 6.97. The first-order valence-corrected chi connectivity index (χ1v) is 10.0. The monoisotopic (exact) mass is 421 g/mol. The molecule has 20 heavy (non-hydrogen) atoms. The molecule has 0 atom stereocenters. The van der Waals surface area contributed by atoms with Crippen LogP contribution in [0.5, 0.6) is 0 Å². The summed E-state index contributed by atoms with van der Waals surface area (Å²) >= 11 is 8.81. The second-order valence-electron chi connectivity index (χ2n) is 4.86. The first kappa shape index (κ1) is 18.5. The van der Waals surface area contributed by atoms with Gasteiger partial charge in [0.25, 0.3) is 0 Å². The average Bonchev–Trinajstić information content (AvgIpc) is 2.50. The van der Waals surface area contributed by atoms with E-state index in [1.807, 2.05) is 13.8 Å². The standard InChI is InChI=1S/C14H19Br2NS.C2H6/c15-12-6-7-13(16)14(10-12)18-17-9-8-11-4-2-1-3-5-11;1-2/h6-7,10-11,17H,1-5,8-9H2;1-2H3. The van der Waals surface area contributed by atoms with Crippen LogP contribution in [0.2, 0.25) is 0 Å². The second-order valence-corrected chi connectivity index (χ2v) is 7.57. The molecular formula is C16H25Br2NS. The molecule has 2 rings (SSSR count). The zero-order valence-electron chi connectivity index (χ0n) is 12.4. The molecule has 0 radical (unpaired) electrons. The van der Waals surface area contributed by atoms with E-state index in [0.717, 1.165) is 21.4 Å². The third-order valence-electron chi connectivity index (χ3n) is 3.45. The summed E-state index contributed by atoms with van der Waals surface area (Å²) in [6.07, 6.45) is 8.52. The molecule has 1 aliphatic carbocycles. The van der Waals surface area contributed by atoms with Gasteiger partial charge >= 0.3 is 0 Å². The summed E-state index contributed by atoms with van der Waals surface area (Å²) in [7, 11) is 0. The minimum atomic E-state index is 0.956. The molecule has 1 nitrogen and oxygen atoms in total. The lowest BCUT2D eigenvalue weighted by Crippen LogP contribution is -2.14. The molecule has 0 amide bonds. The van der Waals surface area contributed by atoms with Crippen molar-refractivity contribution in [3.63, 3.8) is 0 Å². The number of hydrogen-bond acceptors (Lipinski definition) is 2. The molecule has 0 spiro atoms. The van der Waals surface area contributed by atoms with E-state index in [-0.39, 0.29) is 0 Å². The Kier molecular flexibility index (Phi) is 10.3. The van der Waals surface area contributed by atoms with Crippen LogP contribution >= 0.6 is 43.8 Å². The first-order chi connectivity index (χ1) is 9.75. The fraction of sp³-hybridized carbons (Fsp3) is 0.625. The van der Waals surface area contributed by atoms with Crippen LogP contribution in [0.3, 0.4) is 0 Å². The smallest absolute Gasteiger partial charge is 0.0381 e. The maximum absolute atomic E-state index is 3.58. The fourth-order valence-corrected chi connectivity index (χ4v) is 4.15. The molecule has 0 bridgehead atoms. The van der Waals surface area contributed by atoms with Gasteiger partial charge in [-0.1, -0.05) is 61.9 Å². The van der Waals surface area contributed by atoms with Crippen LogP contribution in [-0.4, -0.2) is 6.54 Å². The van der Waals surface area contributed by atoms with Gasteiger partial charge in [0.1, 0.15) is 0 Å². The lowest BCUT2D eigenvalue weighted by molar-refractivity contribution is 0.341. The van der Waals surface area contributed by atoms with Gasteiger partial charge in [0.15, 0.2) is 0 Å². The van der Waals surface area contributed by atoms with Crippen LogP contribution in [0.25, 0.3) is 0 Å². The van der Waals surface area contributed by atoms with Crippen molar-refractivity contribution in [2.24, 2.45) is 5.92 Å². The third-order valence-corrected chi connectivity index (χ3v) is 5.81. The van der Waals surface area contributed by atoms with Gasteiger partial charge in [-0.2, -0.15) is 0 Å². The van der Waals surface area contributed by atoms with Crippen molar-refractivity contribution in [3.8, 4) is 0 Å². The molecule has 0 saturated heterocycles. The summed E-state index contributed by atoms with van der Waals surface area (Å²) in [5, 5.41) is 0. The van der Waals surface area contributed by atoms with Crippen LogP contribution in [0.15, 0.2) is 32.0 Å². The highest BCUT2D eigenvalue weighted by molar-refractivity contribution is 9.11. The van der Waals surface area contributed by atoms with E-state index in [9.17, 15) is 0 Å². The number of benzene rings is 1. The summed E-state index contributed by atoms with van der Waals surface area (Å²) in [4.78, 5) is 1.24. The van der Waals surface area contributed by atoms with Crippen LogP contribution in [-0.2, 0) is 0 Å². The Labute approximate surface area is 145 Å². The Morgan fingerprint density at radius 3 is 2.55 bits per heavy atom. The predicted octanol–water partition coefficient (Wildman–Crippen LogP) is 6.80. The van der Waals surface area contributed by atoms with Crippen LogP contribution in [0.4, 0.5) is 0 Å². The molecule has 4 heteroatoms. The predicted molar refractivity (Wildman–Crippen MR) is 98.2 cm³/mol.